The van der Waals surface area contributed by atoms with Crippen LogP contribution in [0.4, 0.5) is 0 Å². The van der Waals surface area contributed by atoms with Crippen LogP contribution < -0.4 is 10.6 Å². The molecule has 0 saturated heterocycles. The molecule has 0 saturated carbocycles. The fourth-order valence-corrected chi connectivity index (χ4v) is 6.23. The van der Waals surface area contributed by atoms with Crippen molar-refractivity contribution in [1.29, 1.82) is 0 Å². The summed E-state index contributed by atoms with van der Waals surface area (Å²) in [6.07, 6.45) is 2.17. The molecule has 0 bridgehead atoms. The summed E-state index contributed by atoms with van der Waals surface area (Å²) in [4.78, 5) is 12.9. The SMILES string of the molecule is CNC(=O)C(CCc1ccccc1)c1cccc(C[C@@H](C)NC[C@H](O[Si](C)(C)C(C)(C)C)c2ccc(O)c(CO)c2)c1. The Morgan fingerprint density at radius 3 is 2.29 bits per heavy atom. The molecule has 0 aliphatic rings. The van der Waals surface area contributed by atoms with Crippen LogP contribution in [0, 0.1) is 0 Å². The fraction of sp³-hybridized carbons (Fsp3) is 0.457. The molecule has 0 fully saturated rings. The standard InChI is InChI=1S/C35H50N2O4Si/c1-25(37-23-33(41-42(6,7)35(2,3)4)29-17-19-32(39)30(22-29)24-38)20-27-14-11-15-28(21-27)31(34(40)36-5)18-16-26-12-9-8-10-13-26/h8-15,17,19,21-22,25,31,33,37-39H,16,18,20,23-24H2,1-7H3,(H,36,40)/t25-,31?,33+/m1/s1. The van der Waals surface area contributed by atoms with E-state index in [-0.39, 0.29) is 41.4 Å². The summed E-state index contributed by atoms with van der Waals surface area (Å²) in [7, 11) is -0.406. The van der Waals surface area contributed by atoms with Gasteiger partial charge in [-0.3, -0.25) is 4.79 Å². The van der Waals surface area contributed by atoms with Crippen LogP contribution in [-0.2, 0) is 28.7 Å². The Bertz CT molecular complexity index is 1290. The van der Waals surface area contributed by atoms with E-state index in [2.05, 4.69) is 81.8 Å². The minimum Gasteiger partial charge on any atom is -0.508 e. The number of rotatable bonds is 14. The normalized spacial score (nSPS) is 14.3. The minimum atomic E-state index is -2.11. The summed E-state index contributed by atoms with van der Waals surface area (Å²) in [5, 5.41) is 26.4. The van der Waals surface area contributed by atoms with Gasteiger partial charge in [-0.2, -0.15) is 0 Å². The predicted molar refractivity (Wildman–Crippen MR) is 174 cm³/mol. The van der Waals surface area contributed by atoms with Gasteiger partial charge in [0.2, 0.25) is 5.91 Å². The number of carbonyl (C=O) groups is 1. The van der Waals surface area contributed by atoms with Gasteiger partial charge in [0, 0.05) is 25.2 Å². The monoisotopic (exact) mass is 590 g/mol. The Morgan fingerprint density at radius 1 is 0.952 bits per heavy atom. The van der Waals surface area contributed by atoms with Gasteiger partial charge in [0.15, 0.2) is 8.32 Å². The summed E-state index contributed by atoms with van der Waals surface area (Å²) in [6.45, 7) is 13.7. The topological polar surface area (TPSA) is 90.8 Å². The molecule has 7 heteroatoms. The molecule has 1 amide bonds. The van der Waals surface area contributed by atoms with Crippen LogP contribution in [0.5, 0.6) is 5.75 Å². The molecule has 42 heavy (non-hydrogen) atoms. The number of hydrogen-bond donors (Lipinski definition) is 4. The summed E-state index contributed by atoms with van der Waals surface area (Å²) in [5.41, 5.74) is 4.88. The highest BCUT2D eigenvalue weighted by Crippen LogP contribution is 2.40. The average molecular weight is 591 g/mol. The van der Waals surface area contributed by atoms with Crippen LogP contribution >= 0.6 is 0 Å². The van der Waals surface area contributed by atoms with Crippen molar-refractivity contribution in [2.75, 3.05) is 13.6 Å². The number of aliphatic hydroxyl groups excluding tert-OH is 1. The van der Waals surface area contributed by atoms with Gasteiger partial charge in [-0.1, -0.05) is 81.4 Å². The maximum Gasteiger partial charge on any atom is 0.227 e. The van der Waals surface area contributed by atoms with Gasteiger partial charge in [-0.25, -0.2) is 0 Å². The molecular weight excluding hydrogens is 540 g/mol. The van der Waals surface area contributed by atoms with Crippen LogP contribution in [0.3, 0.4) is 0 Å². The lowest BCUT2D eigenvalue weighted by atomic mass is 9.89. The number of aromatic hydroxyl groups is 1. The van der Waals surface area contributed by atoms with E-state index >= 15 is 0 Å². The van der Waals surface area contributed by atoms with Crippen LogP contribution in [-0.4, -0.2) is 44.1 Å². The third-order valence-electron chi connectivity index (χ3n) is 8.56. The molecule has 3 atom stereocenters. The van der Waals surface area contributed by atoms with E-state index in [9.17, 15) is 15.0 Å². The van der Waals surface area contributed by atoms with Gasteiger partial charge in [-0.05, 0) is 78.7 Å². The van der Waals surface area contributed by atoms with Crippen LogP contribution in [0.1, 0.15) is 74.0 Å². The van der Waals surface area contributed by atoms with Crippen LogP contribution in [0.25, 0.3) is 0 Å². The van der Waals surface area contributed by atoms with Gasteiger partial charge >= 0.3 is 0 Å². The number of aliphatic hydroxyl groups is 1. The van der Waals surface area contributed by atoms with E-state index in [1.807, 2.05) is 36.4 Å². The zero-order valence-electron chi connectivity index (χ0n) is 26.4. The van der Waals surface area contributed by atoms with Crippen molar-refractivity contribution in [2.45, 2.75) is 89.8 Å². The lowest BCUT2D eigenvalue weighted by molar-refractivity contribution is -0.122. The molecule has 4 N–H and O–H groups in total. The van der Waals surface area contributed by atoms with Crippen molar-refractivity contribution in [3.63, 3.8) is 0 Å². The molecule has 3 rings (SSSR count). The van der Waals surface area contributed by atoms with Crippen molar-refractivity contribution in [3.05, 3.63) is 101 Å². The average Bonchev–Trinajstić information content (AvgIpc) is 2.95. The number of likely N-dealkylation sites (N-methyl/N-ethyl adjacent to an activating group) is 1. The Hall–Kier alpha value is -2.97. The van der Waals surface area contributed by atoms with E-state index in [1.54, 1.807) is 13.1 Å². The van der Waals surface area contributed by atoms with Crippen molar-refractivity contribution in [2.24, 2.45) is 0 Å². The first-order valence-electron chi connectivity index (χ1n) is 15.0. The Morgan fingerprint density at radius 2 is 1.64 bits per heavy atom. The Balaban J connectivity index is 1.73. The first-order valence-corrected chi connectivity index (χ1v) is 17.9. The fourth-order valence-electron chi connectivity index (χ4n) is 4.94. The van der Waals surface area contributed by atoms with Gasteiger partial charge < -0.3 is 25.3 Å². The van der Waals surface area contributed by atoms with E-state index in [4.69, 9.17) is 4.43 Å². The zero-order valence-corrected chi connectivity index (χ0v) is 27.4. The number of aryl methyl sites for hydroxylation is 1. The summed E-state index contributed by atoms with van der Waals surface area (Å²) >= 11 is 0. The minimum absolute atomic E-state index is 0.0376. The molecule has 228 valence electrons. The molecule has 6 nitrogen and oxygen atoms in total. The second-order valence-electron chi connectivity index (χ2n) is 12.9. The molecular formula is C35H50N2O4Si. The number of hydrogen-bond acceptors (Lipinski definition) is 5. The van der Waals surface area contributed by atoms with Crippen molar-refractivity contribution in [1.82, 2.24) is 10.6 Å². The highest BCUT2D eigenvalue weighted by Gasteiger charge is 2.39. The highest BCUT2D eigenvalue weighted by atomic mass is 28.4. The van der Waals surface area contributed by atoms with Crippen molar-refractivity contribution in [3.8, 4) is 5.75 Å². The van der Waals surface area contributed by atoms with E-state index in [0.29, 0.717) is 12.1 Å². The maximum absolute atomic E-state index is 12.9. The molecule has 0 spiro atoms. The summed E-state index contributed by atoms with van der Waals surface area (Å²) in [6, 6.07) is 24.2. The number of carbonyl (C=O) groups excluding carboxylic acids is 1. The first kappa shape index (κ1) is 33.5. The van der Waals surface area contributed by atoms with Gasteiger partial charge in [0.1, 0.15) is 5.75 Å². The number of amides is 1. The molecule has 1 unspecified atom stereocenters. The second kappa shape index (κ2) is 15.0. The molecule has 0 aromatic heterocycles. The first-order chi connectivity index (χ1) is 19.8. The second-order valence-corrected chi connectivity index (χ2v) is 17.6. The molecule has 0 heterocycles. The largest absolute Gasteiger partial charge is 0.508 e. The Kier molecular flexibility index (Phi) is 11.9. The third kappa shape index (κ3) is 9.26. The maximum atomic E-state index is 12.9. The number of benzene rings is 3. The Labute approximate surface area is 253 Å². The van der Waals surface area contributed by atoms with Crippen LogP contribution in [0.2, 0.25) is 18.1 Å². The summed E-state index contributed by atoms with van der Waals surface area (Å²) < 4.78 is 6.85. The molecule has 3 aromatic carbocycles. The zero-order chi connectivity index (χ0) is 30.9. The van der Waals surface area contributed by atoms with Crippen molar-refractivity contribution >= 4 is 14.2 Å². The lowest BCUT2D eigenvalue weighted by Crippen LogP contribution is -2.44. The number of nitrogens with one attached hydrogen (secondary N) is 2. The smallest absolute Gasteiger partial charge is 0.227 e. The molecule has 0 radical (unpaired) electrons. The van der Waals surface area contributed by atoms with E-state index in [0.717, 1.165) is 30.4 Å². The quantitative estimate of drug-likeness (QED) is 0.158. The van der Waals surface area contributed by atoms with Gasteiger partial charge in [-0.15, -0.1) is 0 Å². The summed E-state index contributed by atoms with van der Waals surface area (Å²) in [5.74, 6) is -0.0839. The van der Waals surface area contributed by atoms with Gasteiger partial charge in [0.05, 0.1) is 18.6 Å². The van der Waals surface area contributed by atoms with Crippen LogP contribution in [0.15, 0.2) is 72.8 Å². The highest BCUT2D eigenvalue weighted by molar-refractivity contribution is 6.74. The van der Waals surface area contributed by atoms with Crippen molar-refractivity contribution < 1.29 is 19.4 Å². The third-order valence-corrected chi connectivity index (χ3v) is 13.0. The molecule has 0 aliphatic heterocycles. The van der Waals surface area contributed by atoms with Gasteiger partial charge in [0.25, 0.3) is 0 Å². The molecule has 3 aromatic rings. The molecule has 0 aliphatic carbocycles. The van der Waals surface area contributed by atoms with E-state index in [1.165, 1.54) is 11.1 Å². The lowest BCUT2D eigenvalue weighted by Gasteiger charge is -2.40. The van der Waals surface area contributed by atoms with E-state index < -0.39 is 8.32 Å². The number of phenols is 1. The predicted octanol–water partition coefficient (Wildman–Crippen LogP) is 6.63.